The minimum absolute atomic E-state index is 0.0454. The number of rotatable bonds is 3. The molecule has 0 saturated heterocycles. The molecule has 0 N–H and O–H groups in total. The zero-order chi connectivity index (χ0) is 13.8. The monoisotopic (exact) mass is 258 g/mol. The molecular formula is C13H13F3O2. The molecule has 0 saturated carbocycles. The SMILES string of the molecule is CC(=O)O[C@@H](C)/C=C(\c1ccccc1)C(F)(F)F. The normalized spacial score (nSPS) is 14.2. The largest absolute Gasteiger partial charge is 0.459 e. The molecule has 1 aromatic rings. The second kappa shape index (κ2) is 5.71. The highest BCUT2D eigenvalue weighted by molar-refractivity contribution is 5.71. The Balaban J connectivity index is 3.07. The lowest BCUT2D eigenvalue weighted by Crippen LogP contribution is -2.16. The average molecular weight is 258 g/mol. The second-order valence-electron chi connectivity index (χ2n) is 3.76. The van der Waals surface area contributed by atoms with Gasteiger partial charge in [0, 0.05) is 6.92 Å². The van der Waals surface area contributed by atoms with Crippen LogP contribution in [-0.2, 0) is 9.53 Å². The molecule has 0 spiro atoms. The van der Waals surface area contributed by atoms with Crippen LogP contribution >= 0.6 is 0 Å². The van der Waals surface area contributed by atoms with Gasteiger partial charge in [0.1, 0.15) is 6.10 Å². The number of halogens is 3. The number of ether oxygens (including phenoxy) is 1. The Labute approximate surface area is 103 Å². The summed E-state index contributed by atoms with van der Waals surface area (Å²) in [5, 5.41) is 0. The number of esters is 1. The molecule has 0 aromatic heterocycles. The summed E-state index contributed by atoms with van der Waals surface area (Å²) in [6, 6.07) is 7.39. The summed E-state index contributed by atoms with van der Waals surface area (Å²) in [6.07, 6.45) is -4.52. The van der Waals surface area contributed by atoms with E-state index < -0.39 is 23.8 Å². The van der Waals surface area contributed by atoms with Gasteiger partial charge in [0.25, 0.3) is 0 Å². The summed E-state index contributed by atoms with van der Waals surface area (Å²) in [7, 11) is 0. The number of allylic oxidation sites excluding steroid dienone is 1. The average Bonchev–Trinajstić information content (AvgIpc) is 2.24. The fourth-order valence-corrected chi connectivity index (χ4v) is 1.50. The number of alkyl halides is 3. The molecule has 0 unspecified atom stereocenters. The lowest BCUT2D eigenvalue weighted by Gasteiger charge is -2.15. The molecule has 2 nitrogen and oxygen atoms in total. The third kappa shape index (κ3) is 4.24. The number of benzene rings is 1. The number of carbonyl (C=O) groups excluding carboxylic acids is 1. The summed E-state index contributed by atoms with van der Waals surface area (Å²) >= 11 is 0. The molecule has 0 radical (unpaired) electrons. The van der Waals surface area contributed by atoms with Crippen LogP contribution in [-0.4, -0.2) is 18.2 Å². The molecule has 1 aromatic carbocycles. The Bertz CT molecular complexity index is 435. The lowest BCUT2D eigenvalue weighted by molar-refractivity contribution is -0.143. The van der Waals surface area contributed by atoms with E-state index >= 15 is 0 Å². The molecule has 5 heteroatoms. The van der Waals surface area contributed by atoms with E-state index in [1.165, 1.54) is 31.2 Å². The molecule has 0 aliphatic heterocycles. The Morgan fingerprint density at radius 1 is 1.28 bits per heavy atom. The Morgan fingerprint density at radius 3 is 2.28 bits per heavy atom. The summed E-state index contributed by atoms with van der Waals surface area (Å²) in [5.74, 6) is -0.617. The van der Waals surface area contributed by atoms with E-state index in [2.05, 4.69) is 4.74 Å². The molecule has 98 valence electrons. The number of carbonyl (C=O) groups is 1. The van der Waals surface area contributed by atoms with Crippen molar-refractivity contribution in [1.82, 2.24) is 0 Å². The van der Waals surface area contributed by atoms with Crippen molar-refractivity contribution in [2.24, 2.45) is 0 Å². The predicted octanol–water partition coefficient (Wildman–Crippen LogP) is 3.58. The highest BCUT2D eigenvalue weighted by Crippen LogP contribution is 2.34. The number of hydrogen-bond acceptors (Lipinski definition) is 2. The maximum Gasteiger partial charge on any atom is 0.416 e. The molecule has 0 aliphatic rings. The zero-order valence-electron chi connectivity index (χ0n) is 9.99. The fraction of sp³-hybridized carbons (Fsp3) is 0.308. The van der Waals surface area contributed by atoms with Gasteiger partial charge in [-0.2, -0.15) is 13.2 Å². The Morgan fingerprint density at radius 2 is 1.83 bits per heavy atom. The van der Waals surface area contributed by atoms with Gasteiger partial charge in [-0.05, 0) is 18.6 Å². The highest BCUT2D eigenvalue weighted by atomic mass is 19.4. The van der Waals surface area contributed by atoms with Crippen LogP contribution in [0.5, 0.6) is 0 Å². The number of hydrogen-bond donors (Lipinski definition) is 0. The van der Waals surface area contributed by atoms with Gasteiger partial charge in [-0.3, -0.25) is 4.79 Å². The van der Waals surface area contributed by atoms with Crippen molar-refractivity contribution in [3.63, 3.8) is 0 Å². The third-order valence-electron chi connectivity index (χ3n) is 2.14. The Kier molecular flexibility index (Phi) is 4.53. The van der Waals surface area contributed by atoms with Gasteiger partial charge in [-0.25, -0.2) is 0 Å². The van der Waals surface area contributed by atoms with E-state index in [0.29, 0.717) is 0 Å². The van der Waals surface area contributed by atoms with Gasteiger partial charge in [-0.1, -0.05) is 30.3 Å². The van der Waals surface area contributed by atoms with E-state index in [1.54, 1.807) is 6.07 Å². The van der Waals surface area contributed by atoms with E-state index in [4.69, 9.17) is 0 Å². The molecule has 1 atom stereocenters. The van der Waals surface area contributed by atoms with Crippen molar-refractivity contribution < 1.29 is 22.7 Å². The van der Waals surface area contributed by atoms with Crippen LogP contribution in [0.2, 0.25) is 0 Å². The topological polar surface area (TPSA) is 26.3 Å². The first-order valence-electron chi connectivity index (χ1n) is 5.32. The van der Waals surface area contributed by atoms with E-state index in [1.807, 2.05) is 0 Å². The van der Waals surface area contributed by atoms with Crippen LogP contribution in [0, 0.1) is 0 Å². The maximum absolute atomic E-state index is 12.9. The smallest absolute Gasteiger partial charge is 0.416 e. The van der Waals surface area contributed by atoms with Crippen LogP contribution in [0.25, 0.3) is 5.57 Å². The first kappa shape index (κ1) is 14.3. The van der Waals surface area contributed by atoms with Crippen molar-refractivity contribution >= 4 is 11.5 Å². The van der Waals surface area contributed by atoms with Gasteiger partial charge in [0.05, 0.1) is 5.57 Å². The minimum Gasteiger partial charge on any atom is -0.459 e. The summed E-state index contributed by atoms with van der Waals surface area (Å²) in [5.41, 5.74) is -0.763. The van der Waals surface area contributed by atoms with E-state index in [0.717, 1.165) is 13.0 Å². The maximum atomic E-state index is 12.9. The molecule has 0 amide bonds. The third-order valence-corrected chi connectivity index (χ3v) is 2.14. The second-order valence-corrected chi connectivity index (χ2v) is 3.76. The van der Waals surface area contributed by atoms with Crippen LogP contribution in [0.3, 0.4) is 0 Å². The first-order chi connectivity index (χ1) is 8.30. The minimum atomic E-state index is -4.49. The Hall–Kier alpha value is -1.78. The molecule has 0 fully saturated rings. The lowest BCUT2D eigenvalue weighted by atomic mass is 10.0. The summed E-state index contributed by atoms with van der Waals surface area (Å²) < 4.78 is 43.4. The van der Waals surface area contributed by atoms with Crippen molar-refractivity contribution in [3.05, 3.63) is 42.0 Å². The quantitative estimate of drug-likeness (QED) is 0.774. The molecule has 0 aliphatic carbocycles. The van der Waals surface area contributed by atoms with Gasteiger partial charge in [-0.15, -0.1) is 0 Å². The van der Waals surface area contributed by atoms with Gasteiger partial charge >= 0.3 is 12.1 Å². The fourth-order valence-electron chi connectivity index (χ4n) is 1.50. The van der Waals surface area contributed by atoms with Crippen molar-refractivity contribution in [3.8, 4) is 0 Å². The standard InChI is InChI=1S/C13H13F3O2/c1-9(18-10(2)17)8-12(13(14,15)16)11-6-4-3-5-7-11/h3-9H,1-2H3/b12-8+/t9-/m0/s1. The van der Waals surface area contributed by atoms with E-state index in [-0.39, 0.29) is 5.56 Å². The van der Waals surface area contributed by atoms with Crippen molar-refractivity contribution in [1.29, 1.82) is 0 Å². The van der Waals surface area contributed by atoms with Gasteiger partial charge in [0.15, 0.2) is 0 Å². The predicted molar refractivity (Wildman–Crippen MR) is 61.7 cm³/mol. The van der Waals surface area contributed by atoms with Crippen molar-refractivity contribution in [2.75, 3.05) is 0 Å². The molecule has 0 bridgehead atoms. The molecular weight excluding hydrogens is 245 g/mol. The van der Waals surface area contributed by atoms with E-state index in [9.17, 15) is 18.0 Å². The van der Waals surface area contributed by atoms with Crippen LogP contribution < -0.4 is 0 Å². The van der Waals surface area contributed by atoms with Gasteiger partial charge < -0.3 is 4.74 Å². The van der Waals surface area contributed by atoms with Crippen LogP contribution in [0.4, 0.5) is 13.2 Å². The summed E-state index contributed by atoms with van der Waals surface area (Å²) in [6.45, 7) is 2.54. The van der Waals surface area contributed by atoms with Crippen LogP contribution in [0.15, 0.2) is 36.4 Å². The van der Waals surface area contributed by atoms with Gasteiger partial charge in [0.2, 0.25) is 0 Å². The highest BCUT2D eigenvalue weighted by Gasteiger charge is 2.35. The van der Waals surface area contributed by atoms with Crippen molar-refractivity contribution in [2.45, 2.75) is 26.1 Å². The summed E-state index contributed by atoms with van der Waals surface area (Å²) in [4.78, 5) is 10.7. The van der Waals surface area contributed by atoms with Crippen LogP contribution in [0.1, 0.15) is 19.4 Å². The molecule has 0 heterocycles. The zero-order valence-corrected chi connectivity index (χ0v) is 9.99. The molecule has 18 heavy (non-hydrogen) atoms. The molecule has 1 rings (SSSR count). The first-order valence-corrected chi connectivity index (χ1v) is 5.32.